The Kier molecular flexibility index (Phi) is 8.23. The molecule has 4 nitrogen and oxygen atoms in total. The largest absolute Gasteiger partial charge is 0.390 e. The Balaban J connectivity index is 1.49. The number of benzene rings is 3. The average Bonchev–Trinajstić information content (AvgIpc) is 3.27. The highest BCUT2D eigenvalue weighted by molar-refractivity contribution is 7.17. The minimum absolute atomic E-state index is 0.0800. The van der Waals surface area contributed by atoms with Gasteiger partial charge in [0.15, 0.2) is 0 Å². The topological polar surface area (TPSA) is 61.4 Å². The molecule has 0 radical (unpaired) electrons. The third kappa shape index (κ3) is 6.51. The van der Waals surface area contributed by atoms with Crippen LogP contribution in [-0.4, -0.2) is 29.7 Å². The van der Waals surface area contributed by atoms with Crippen LogP contribution in [0.2, 0.25) is 0 Å². The van der Waals surface area contributed by atoms with Crippen molar-refractivity contribution in [1.82, 2.24) is 10.6 Å². The van der Waals surface area contributed by atoms with Gasteiger partial charge in [0, 0.05) is 34.6 Å². The van der Waals surface area contributed by atoms with Gasteiger partial charge in [-0.2, -0.15) is 0 Å². The number of nitrogens with one attached hydrogen (secondary N) is 2. The van der Waals surface area contributed by atoms with Crippen molar-refractivity contribution in [2.24, 2.45) is 0 Å². The lowest BCUT2D eigenvalue weighted by molar-refractivity contribution is 0.0831. The fraction of sp³-hybridized carbons (Fsp3) is 0.250. The molecule has 0 aliphatic rings. The van der Waals surface area contributed by atoms with Crippen molar-refractivity contribution >= 4 is 27.3 Å². The van der Waals surface area contributed by atoms with Crippen molar-refractivity contribution in [1.29, 1.82) is 0 Å². The summed E-state index contributed by atoms with van der Waals surface area (Å²) in [6.07, 6.45) is 0.0346. The van der Waals surface area contributed by atoms with Gasteiger partial charge in [-0.15, -0.1) is 11.3 Å². The summed E-state index contributed by atoms with van der Waals surface area (Å²) >= 11 is 1.47. The van der Waals surface area contributed by atoms with E-state index in [1.165, 1.54) is 29.0 Å². The number of hydrogen-bond acceptors (Lipinski definition) is 4. The summed E-state index contributed by atoms with van der Waals surface area (Å²) in [5, 5.41) is 19.7. The molecule has 182 valence electrons. The first kappa shape index (κ1) is 25.0. The van der Waals surface area contributed by atoms with Crippen LogP contribution >= 0.6 is 11.3 Å². The van der Waals surface area contributed by atoms with Gasteiger partial charge in [0.1, 0.15) is 11.6 Å². The van der Waals surface area contributed by atoms with E-state index >= 15 is 0 Å². The number of amides is 1. The summed E-state index contributed by atoms with van der Waals surface area (Å²) in [7, 11) is 0. The molecule has 7 heteroatoms. The Bertz CT molecular complexity index is 1290. The van der Waals surface area contributed by atoms with Gasteiger partial charge in [-0.3, -0.25) is 4.79 Å². The van der Waals surface area contributed by atoms with Crippen molar-refractivity contribution in [2.45, 2.75) is 38.5 Å². The number of rotatable bonds is 10. The van der Waals surface area contributed by atoms with Crippen LogP contribution in [0.3, 0.4) is 0 Å². The number of halogens is 2. The minimum atomic E-state index is -0.982. The molecule has 2 atom stereocenters. The highest BCUT2D eigenvalue weighted by Gasteiger charge is 2.24. The highest BCUT2D eigenvalue weighted by Crippen LogP contribution is 2.25. The van der Waals surface area contributed by atoms with Crippen molar-refractivity contribution in [3.05, 3.63) is 106 Å². The monoisotopic (exact) mass is 494 g/mol. The van der Waals surface area contributed by atoms with Crippen LogP contribution in [0.1, 0.15) is 34.0 Å². The number of carbonyl (C=O) groups is 1. The zero-order valence-corrected chi connectivity index (χ0v) is 20.2. The maximum atomic E-state index is 13.8. The van der Waals surface area contributed by atoms with Gasteiger partial charge in [-0.1, -0.05) is 49.4 Å². The van der Waals surface area contributed by atoms with Crippen LogP contribution in [0, 0.1) is 11.6 Å². The summed E-state index contributed by atoms with van der Waals surface area (Å²) in [6, 6.07) is 18.3. The average molecular weight is 495 g/mol. The maximum Gasteiger partial charge on any atom is 0.253 e. The summed E-state index contributed by atoms with van der Waals surface area (Å²) < 4.78 is 28.6. The molecule has 1 heterocycles. The molecule has 0 fully saturated rings. The molecule has 0 unspecified atom stereocenters. The fourth-order valence-electron chi connectivity index (χ4n) is 4.13. The molecule has 35 heavy (non-hydrogen) atoms. The smallest absolute Gasteiger partial charge is 0.253 e. The zero-order valence-electron chi connectivity index (χ0n) is 19.4. The lowest BCUT2D eigenvalue weighted by atomic mass is 10.00. The van der Waals surface area contributed by atoms with Crippen molar-refractivity contribution < 1.29 is 18.7 Å². The van der Waals surface area contributed by atoms with Crippen molar-refractivity contribution in [3.8, 4) is 0 Å². The summed E-state index contributed by atoms with van der Waals surface area (Å²) in [5.74, 6) is -1.73. The quantitative estimate of drug-likeness (QED) is 0.283. The molecule has 3 aromatic carbocycles. The van der Waals surface area contributed by atoms with Crippen LogP contribution in [0.15, 0.2) is 72.1 Å². The van der Waals surface area contributed by atoms with E-state index in [0.29, 0.717) is 17.7 Å². The van der Waals surface area contributed by atoms with Crippen molar-refractivity contribution in [3.63, 3.8) is 0 Å². The van der Waals surface area contributed by atoms with E-state index < -0.39 is 23.8 Å². The highest BCUT2D eigenvalue weighted by atomic mass is 32.1. The Hall–Kier alpha value is -3.13. The van der Waals surface area contributed by atoms with E-state index in [2.05, 4.69) is 29.7 Å². The molecule has 1 aromatic heterocycles. The standard InChI is InChI=1S/C28H28F2N2O2S/c1-2-18-6-5-7-19(10-18)15-31-16-26(33)25(13-20-11-21(29)14-22(30)12-20)32-28(34)24-17-35-27-9-4-3-8-23(24)27/h3-12,14,17,25-26,31,33H,2,13,15-16H2,1H3,(H,32,34)/t25-,26+/m1/s1. The Labute approximate surface area is 207 Å². The summed E-state index contributed by atoms with van der Waals surface area (Å²) in [5.41, 5.74) is 3.19. The molecule has 0 aliphatic heterocycles. The van der Waals surface area contributed by atoms with Crippen molar-refractivity contribution in [2.75, 3.05) is 6.54 Å². The van der Waals surface area contributed by atoms with Crippen LogP contribution in [-0.2, 0) is 19.4 Å². The maximum absolute atomic E-state index is 13.8. The van der Waals surface area contributed by atoms with Crippen LogP contribution in [0.5, 0.6) is 0 Å². The molecule has 0 bridgehead atoms. The van der Waals surface area contributed by atoms with Crippen LogP contribution < -0.4 is 10.6 Å². The van der Waals surface area contributed by atoms with E-state index in [-0.39, 0.29) is 18.9 Å². The molecule has 3 N–H and O–H groups in total. The van der Waals surface area contributed by atoms with Gasteiger partial charge < -0.3 is 15.7 Å². The molecule has 0 spiro atoms. The second-order valence-electron chi connectivity index (χ2n) is 8.58. The zero-order chi connectivity index (χ0) is 24.8. The predicted molar refractivity (Wildman–Crippen MR) is 137 cm³/mol. The number of thiophene rings is 1. The normalized spacial score (nSPS) is 13.0. The minimum Gasteiger partial charge on any atom is -0.390 e. The van der Waals surface area contributed by atoms with E-state index in [0.717, 1.165) is 28.1 Å². The lowest BCUT2D eigenvalue weighted by Crippen LogP contribution is -2.48. The first-order chi connectivity index (χ1) is 16.9. The van der Waals surface area contributed by atoms with E-state index in [1.807, 2.05) is 36.4 Å². The molecule has 4 aromatic rings. The molecule has 0 saturated carbocycles. The van der Waals surface area contributed by atoms with Gasteiger partial charge in [-0.25, -0.2) is 8.78 Å². The molecular weight excluding hydrogens is 466 g/mol. The van der Waals surface area contributed by atoms with E-state index in [9.17, 15) is 18.7 Å². The number of fused-ring (bicyclic) bond motifs is 1. The van der Waals surface area contributed by atoms with Gasteiger partial charge in [0.2, 0.25) is 0 Å². The second-order valence-corrected chi connectivity index (χ2v) is 9.49. The number of hydrogen-bond donors (Lipinski definition) is 3. The van der Waals surface area contributed by atoms with Crippen LogP contribution in [0.4, 0.5) is 8.78 Å². The Morgan fingerprint density at radius 1 is 0.971 bits per heavy atom. The number of aryl methyl sites for hydroxylation is 1. The van der Waals surface area contributed by atoms with Gasteiger partial charge in [-0.05, 0) is 47.7 Å². The van der Waals surface area contributed by atoms with Gasteiger partial charge in [0.25, 0.3) is 5.91 Å². The molecule has 0 aliphatic carbocycles. The number of aliphatic hydroxyl groups is 1. The summed E-state index contributed by atoms with van der Waals surface area (Å²) in [4.78, 5) is 13.1. The van der Waals surface area contributed by atoms with Gasteiger partial charge >= 0.3 is 0 Å². The Morgan fingerprint density at radius 2 is 1.71 bits per heavy atom. The lowest BCUT2D eigenvalue weighted by Gasteiger charge is -2.25. The molecule has 1 amide bonds. The number of aliphatic hydroxyl groups excluding tert-OH is 1. The third-order valence-corrected chi connectivity index (χ3v) is 6.93. The third-order valence-electron chi connectivity index (χ3n) is 5.97. The van der Waals surface area contributed by atoms with E-state index in [1.54, 1.807) is 5.38 Å². The summed E-state index contributed by atoms with van der Waals surface area (Å²) in [6.45, 7) is 2.84. The van der Waals surface area contributed by atoms with E-state index in [4.69, 9.17) is 0 Å². The number of carbonyl (C=O) groups excluding carboxylic acids is 1. The predicted octanol–water partition coefficient (Wildman–Crippen LogP) is 5.23. The fourth-order valence-corrected chi connectivity index (χ4v) is 5.07. The molecular formula is C28H28F2N2O2S. The first-order valence-corrected chi connectivity index (χ1v) is 12.5. The van der Waals surface area contributed by atoms with Gasteiger partial charge in [0.05, 0.1) is 17.7 Å². The second kappa shape index (κ2) is 11.5. The Morgan fingerprint density at radius 3 is 2.49 bits per heavy atom. The SMILES string of the molecule is CCc1cccc(CNC[C@H](O)[C@@H](Cc2cc(F)cc(F)c2)NC(=O)c2csc3ccccc23)c1. The molecule has 0 saturated heterocycles. The first-order valence-electron chi connectivity index (χ1n) is 11.6. The molecule has 4 rings (SSSR count). The van der Waals surface area contributed by atoms with Crippen LogP contribution in [0.25, 0.3) is 10.1 Å².